The van der Waals surface area contributed by atoms with Crippen molar-refractivity contribution in [3.05, 3.63) is 65.2 Å². The summed E-state index contributed by atoms with van der Waals surface area (Å²) < 4.78 is 27.2. The molecule has 0 saturated carbocycles. The summed E-state index contributed by atoms with van der Waals surface area (Å²) in [4.78, 5) is 28.8. The van der Waals surface area contributed by atoms with Gasteiger partial charge in [-0.1, -0.05) is 0 Å². The number of halogens is 2. The lowest BCUT2D eigenvalue weighted by atomic mass is 9.88. The number of nitrogens with zero attached hydrogens (tertiary/aromatic N) is 2. The molecule has 0 atom stereocenters. The molecule has 1 aliphatic rings. The highest BCUT2D eigenvalue weighted by Crippen LogP contribution is 2.25. The molecule has 1 aliphatic heterocycles. The van der Waals surface area contributed by atoms with E-state index in [2.05, 4.69) is 0 Å². The van der Waals surface area contributed by atoms with Gasteiger partial charge in [0.15, 0.2) is 5.78 Å². The molecule has 4 nitrogen and oxygen atoms in total. The van der Waals surface area contributed by atoms with Gasteiger partial charge in [-0.25, -0.2) is 8.78 Å². The van der Waals surface area contributed by atoms with Crippen molar-refractivity contribution in [2.75, 3.05) is 32.1 Å². The molecule has 0 aromatic heterocycles. The molecule has 0 N–H and O–H groups in total. The number of rotatable bonds is 4. The van der Waals surface area contributed by atoms with Gasteiger partial charge in [-0.3, -0.25) is 9.59 Å². The molecule has 0 bridgehead atoms. The Morgan fingerprint density at radius 2 is 1.63 bits per heavy atom. The van der Waals surface area contributed by atoms with Gasteiger partial charge in [-0.2, -0.15) is 0 Å². The fraction of sp³-hybridized carbons (Fsp3) is 0.333. The van der Waals surface area contributed by atoms with Gasteiger partial charge in [0, 0.05) is 44.4 Å². The maximum absolute atomic E-state index is 13.8. The molecule has 1 amide bonds. The van der Waals surface area contributed by atoms with Crippen molar-refractivity contribution in [1.29, 1.82) is 0 Å². The van der Waals surface area contributed by atoms with E-state index < -0.39 is 23.3 Å². The minimum Gasteiger partial charge on any atom is -0.378 e. The summed E-state index contributed by atoms with van der Waals surface area (Å²) in [5.74, 6) is -2.21. The number of amides is 1. The molecule has 6 heteroatoms. The number of carbonyl (C=O) groups excluding carboxylic acids is 2. The van der Waals surface area contributed by atoms with Crippen LogP contribution in [0.4, 0.5) is 14.5 Å². The summed E-state index contributed by atoms with van der Waals surface area (Å²) in [6, 6.07) is 10.3. The largest absolute Gasteiger partial charge is 0.378 e. The average Bonchev–Trinajstić information content (AvgIpc) is 2.69. The molecule has 1 heterocycles. The van der Waals surface area contributed by atoms with Gasteiger partial charge in [-0.15, -0.1) is 0 Å². The summed E-state index contributed by atoms with van der Waals surface area (Å²) in [7, 11) is 3.86. The number of Topliss-reactive ketones (excluding diaryl/α,β-unsaturated/α-hetero) is 1. The number of benzene rings is 2. The highest BCUT2D eigenvalue weighted by Gasteiger charge is 2.29. The van der Waals surface area contributed by atoms with Gasteiger partial charge < -0.3 is 9.80 Å². The quantitative estimate of drug-likeness (QED) is 0.767. The number of hydrogen-bond donors (Lipinski definition) is 0. The topological polar surface area (TPSA) is 40.6 Å². The highest BCUT2D eigenvalue weighted by molar-refractivity contribution is 5.98. The van der Waals surface area contributed by atoms with E-state index in [4.69, 9.17) is 0 Å². The van der Waals surface area contributed by atoms with E-state index in [0.717, 1.165) is 23.9 Å². The van der Waals surface area contributed by atoms with Crippen molar-refractivity contribution in [3.8, 4) is 0 Å². The second-order valence-corrected chi connectivity index (χ2v) is 7.00. The number of ketones is 1. The molecular formula is C21H22F2N2O2. The zero-order valence-electron chi connectivity index (χ0n) is 15.4. The lowest BCUT2D eigenvalue weighted by Crippen LogP contribution is -2.40. The molecule has 2 aromatic rings. The molecule has 1 fully saturated rings. The van der Waals surface area contributed by atoms with Gasteiger partial charge in [0.05, 0.1) is 5.56 Å². The smallest absolute Gasteiger partial charge is 0.253 e. The predicted octanol–water partition coefficient (Wildman–Crippen LogP) is 3.77. The number of likely N-dealkylation sites (tertiary alicyclic amines) is 1. The van der Waals surface area contributed by atoms with Crippen LogP contribution in [0.5, 0.6) is 0 Å². The maximum Gasteiger partial charge on any atom is 0.253 e. The van der Waals surface area contributed by atoms with Gasteiger partial charge in [0.1, 0.15) is 11.6 Å². The first-order valence-corrected chi connectivity index (χ1v) is 8.92. The van der Waals surface area contributed by atoms with Crippen molar-refractivity contribution in [3.63, 3.8) is 0 Å². The standard InChI is InChI=1S/C21H22F2N2O2/c1-24(2)17-6-3-15(4-7-17)21(27)25-11-9-14(10-12-25)20(26)18-13-16(22)5-8-19(18)23/h3-8,13-14H,9-12H2,1-2H3. The van der Waals surface area contributed by atoms with Gasteiger partial charge in [0.25, 0.3) is 5.91 Å². The Morgan fingerprint density at radius 1 is 1.00 bits per heavy atom. The summed E-state index contributed by atoms with van der Waals surface area (Å²) >= 11 is 0. The second-order valence-electron chi connectivity index (χ2n) is 7.00. The molecular weight excluding hydrogens is 350 g/mol. The number of carbonyl (C=O) groups is 2. The minimum atomic E-state index is -0.708. The first-order chi connectivity index (χ1) is 12.9. The fourth-order valence-electron chi connectivity index (χ4n) is 3.34. The van der Waals surface area contributed by atoms with Crippen LogP contribution in [0.2, 0.25) is 0 Å². The average molecular weight is 372 g/mol. The molecule has 0 spiro atoms. The van der Waals surface area contributed by atoms with Gasteiger partial charge in [0.2, 0.25) is 0 Å². The fourth-order valence-corrected chi connectivity index (χ4v) is 3.34. The molecule has 0 aliphatic carbocycles. The van der Waals surface area contributed by atoms with E-state index >= 15 is 0 Å². The molecule has 27 heavy (non-hydrogen) atoms. The van der Waals surface area contributed by atoms with E-state index in [1.165, 1.54) is 0 Å². The third kappa shape index (κ3) is 4.15. The minimum absolute atomic E-state index is 0.0804. The third-order valence-electron chi connectivity index (χ3n) is 4.98. The molecule has 142 valence electrons. The van der Waals surface area contributed by atoms with Crippen LogP contribution >= 0.6 is 0 Å². The molecule has 0 radical (unpaired) electrons. The Labute approximate surface area is 157 Å². The van der Waals surface area contributed by atoms with Crippen LogP contribution in [-0.2, 0) is 0 Å². The molecule has 2 aromatic carbocycles. The monoisotopic (exact) mass is 372 g/mol. The van der Waals surface area contributed by atoms with Gasteiger partial charge >= 0.3 is 0 Å². The highest BCUT2D eigenvalue weighted by atomic mass is 19.1. The van der Waals surface area contributed by atoms with E-state index in [-0.39, 0.29) is 11.5 Å². The molecule has 0 unspecified atom stereocenters. The van der Waals surface area contributed by atoms with Gasteiger partial charge in [-0.05, 0) is 55.3 Å². The van der Waals surface area contributed by atoms with Crippen LogP contribution < -0.4 is 4.90 Å². The van der Waals surface area contributed by atoms with E-state index in [1.807, 2.05) is 31.1 Å². The van der Waals surface area contributed by atoms with Crippen molar-refractivity contribution >= 4 is 17.4 Å². The number of piperidine rings is 1. The second kappa shape index (κ2) is 7.86. The zero-order valence-corrected chi connectivity index (χ0v) is 15.4. The van der Waals surface area contributed by atoms with Crippen LogP contribution in [-0.4, -0.2) is 43.8 Å². The lowest BCUT2D eigenvalue weighted by molar-refractivity contribution is 0.0649. The summed E-state index contributed by atoms with van der Waals surface area (Å²) in [5, 5.41) is 0. The molecule has 1 saturated heterocycles. The predicted molar refractivity (Wildman–Crippen MR) is 100 cm³/mol. The van der Waals surface area contributed by atoms with Crippen LogP contribution in [0.15, 0.2) is 42.5 Å². The van der Waals surface area contributed by atoms with Crippen LogP contribution in [0, 0.1) is 17.6 Å². The number of hydrogen-bond acceptors (Lipinski definition) is 3. The molecule has 3 rings (SSSR count). The van der Waals surface area contributed by atoms with Crippen molar-refractivity contribution in [1.82, 2.24) is 4.90 Å². The van der Waals surface area contributed by atoms with E-state index in [9.17, 15) is 18.4 Å². The van der Waals surface area contributed by atoms with Crippen molar-refractivity contribution < 1.29 is 18.4 Å². The summed E-state index contributed by atoms with van der Waals surface area (Å²) in [6.07, 6.45) is 0.882. The Bertz CT molecular complexity index is 842. The normalized spacial score (nSPS) is 14.9. The maximum atomic E-state index is 13.8. The van der Waals surface area contributed by atoms with Crippen molar-refractivity contribution in [2.24, 2.45) is 5.92 Å². The Kier molecular flexibility index (Phi) is 5.54. The Balaban J connectivity index is 1.63. The zero-order chi connectivity index (χ0) is 19.6. The van der Waals surface area contributed by atoms with Crippen molar-refractivity contribution in [2.45, 2.75) is 12.8 Å². The first-order valence-electron chi connectivity index (χ1n) is 8.92. The first kappa shape index (κ1) is 19.0. The van der Waals surface area contributed by atoms with Crippen LogP contribution in [0.25, 0.3) is 0 Å². The SMILES string of the molecule is CN(C)c1ccc(C(=O)N2CCC(C(=O)c3cc(F)ccc3F)CC2)cc1. The van der Waals surface area contributed by atoms with E-state index in [1.54, 1.807) is 17.0 Å². The third-order valence-corrected chi connectivity index (χ3v) is 4.98. The Hall–Kier alpha value is -2.76. The summed E-state index contributed by atoms with van der Waals surface area (Å²) in [5.41, 5.74) is 1.40. The van der Waals surface area contributed by atoms with E-state index in [0.29, 0.717) is 31.5 Å². The van der Waals surface area contributed by atoms with Crippen LogP contribution in [0.1, 0.15) is 33.6 Å². The lowest BCUT2D eigenvalue weighted by Gasteiger charge is -2.31. The number of anilines is 1. The Morgan fingerprint density at radius 3 is 2.22 bits per heavy atom. The van der Waals surface area contributed by atoms with Crippen LogP contribution in [0.3, 0.4) is 0 Å². The summed E-state index contributed by atoms with van der Waals surface area (Å²) in [6.45, 7) is 0.837.